The van der Waals surface area contributed by atoms with Crippen molar-refractivity contribution in [3.8, 4) is 0 Å². The summed E-state index contributed by atoms with van der Waals surface area (Å²) in [4.78, 5) is 13.2. The first-order valence-corrected chi connectivity index (χ1v) is 10.5. The smallest absolute Gasteiger partial charge is 0.162 e. The highest BCUT2D eigenvalue weighted by atomic mass is 35.5. The lowest BCUT2D eigenvalue weighted by atomic mass is 9.78. The predicted octanol–water partition coefficient (Wildman–Crippen LogP) is 5.28. The third-order valence-corrected chi connectivity index (χ3v) is 7.05. The molecule has 0 aliphatic carbocycles. The molecule has 1 aromatic carbocycles. The van der Waals surface area contributed by atoms with Gasteiger partial charge in [-0.3, -0.25) is 4.79 Å². The molecule has 1 spiro atoms. The SMILES string of the molecule is CCC(=O)c1ccc(C2CC3(CC(C)N2)OCCc2cc(Cl)sc23)cc1. The molecule has 3 nitrogen and oxygen atoms in total. The van der Waals surface area contributed by atoms with Gasteiger partial charge in [-0.2, -0.15) is 0 Å². The lowest BCUT2D eigenvalue weighted by Gasteiger charge is -2.46. The second-order valence-electron chi connectivity index (χ2n) is 7.42. The molecule has 2 aliphatic heterocycles. The molecule has 1 aromatic heterocycles. The summed E-state index contributed by atoms with van der Waals surface area (Å²) in [6.45, 7) is 4.87. The van der Waals surface area contributed by atoms with Crippen LogP contribution >= 0.6 is 22.9 Å². The minimum absolute atomic E-state index is 0.187. The Morgan fingerprint density at radius 1 is 1.35 bits per heavy atom. The summed E-state index contributed by atoms with van der Waals surface area (Å²) in [5.74, 6) is 0.187. The summed E-state index contributed by atoms with van der Waals surface area (Å²) < 4.78 is 7.26. The number of hydrogen-bond acceptors (Lipinski definition) is 4. The molecule has 138 valence electrons. The standard InChI is InChI=1S/C21H24ClNO2S/c1-3-18(24)15-6-4-14(5-7-15)17-12-21(11-13(2)23-17)20-16(8-9-25-21)10-19(22)26-20/h4-7,10,13,17,23H,3,8-9,11-12H2,1-2H3. The number of rotatable bonds is 3. The van der Waals surface area contributed by atoms with E-state index in [2.05, 4.69) is 30.4 Å². The Morgan fingerprint density at radius 3 is 2.85 bits per heavy atom. The van der Waals surface area contributed by atoms with E-state index in [0.717, 1.165) is 35.8 Å². The van der Waals surface area contributed by atoms with Gasteiger partial charge in [0, 0.05) is 35.4 Å². The van der Waals surface area contributed by atoms with Gasteiger partial charge in [-0.15, -0.1) is 11.3 Å². The molecule has 3 heterocycles. The lowest BCUT2D eigenvalue weighted by molar-refractivity contribution is -0.0954. The van der Waals surface area contributed by atoms with E-state index in [1.807, 2.05) is 19.1 Å². The van der Waals surface area contributed by atoms with Crippen LogP contribution in [0, 0.1) is 0 Å². The molecule has 1 N–H and O–H groups in total. The topological polar surface area (TPSA) is 38.3 Å². The number of carbonyl (C=O) groups excluding carboxylic acids is 1. The van der Waals surface area contributed by atoms with E-state index in [0.29, 0.717) is 12.5 Å². The fourth-order valence-corrected chi connectivity index (χ4v) is 5.84. The molecule has 3 unspecified atom stereocenters. The zero-order valence-corrected chi connectivity index (χ0v) is 16.8. The van der Waals surface area contributed by atoms with Gasteiger partial charge in [0.2, 0.25) is 0 Å². The van der Waals surface area contributed by atoms with Gasteiger partial charge < -0.3 is 10.1 Å². The molecule has 4 rings (SSSR count). The van der Waals surface area contributed by atoms with Crippen molar-refractivity contribution in [3.63, 3.8) is 0 Å². The van der Waals surface area contributed by atoms with Crippen molar-refractivity contribution in [1.29, 1.82) is 0 Å². The average Bonchev–Trinajstić information content (AvgIpc) is 3.03. The number of ketones is 1. The first-order valence-electron chi connectivity index (χ1n) is 9.32. The van der Waals surface area contributed by atoms with Crippen LogP contribution in [0.3, 0.4) is 0 Å². The monoisotopic (exact) mass is 389 g/mol. The molecule has 2 aromatic rings. The fraction of sp³-hybridized carbons (Fsp3) is 0.476. The molecular formula is C21H24ClNO2S. The van der Waals surface area contributed by atoms with Crippen molar-refractivity contribution in [2.45, 2.75) is 57.2 Å². The summed E-state index contributed by atoms with van der Waals surface area (Å²) in [7, 11) is 0. The molecule has 2 aliphatic rings. The van der Waals surface area contributed by atoms with Crippen LogP contribution in [0.15, 0.2) is 30.3 Å². The molecule has 0 radical (unpaired) electrons. The molecule has 5 heteroatoms. The van der Waals surface area contributed by atoms with Crippen molar-refractivity contribution in [3.05, 3.63) is 56.2 Å². The number of hydrogen-bond donors (Lipinski definition) is 1. The fourth-order valence-electron chi connectivity index (χ4n) is 4.38. The zero-order chi connectivity index (χ0) is 18.3. The number of ether oxygens (including phenoxy) is 1. The normalized spacial score (nSPS) is 28.1. The Labute approximate surface area is 163 Å². The maximum absolute atomic E-state index is 11.9. The molecule has 26 heavy (non-hydrogen) atoms. The van der Waals surface area contributed by atoms with Crippen LogP contribution in [0.1, 0.15) is 65.5 Å². The summed E-state index contributed by atoms with van der Waals surface area (Å²) in [6.07, 6.45) is 3.33. The van der Waals surface area contributed by atoms with Crippen molar-refractivity contribution in [2.24, 2.45) is 0 Å². The van der Waals surface area contributed by atoms with Gasteiger partial charge in [0.05, 0.1) is 10.9 Å². The van der Waals surface area contributed by atoms with Gasteiger partial charge in [0.1, 0.15) is 5.60 Å². The number of fused-ring (bicyclic) bond motifs is 2. The quantitative estimate of drug-likeness (QED) is 0.726. The summed E-state index contributed by atoms with van der Waals surface area (Å²) >= 11 is 7.99. The van der Waals surface area contributed by atoms with Crippen LogP contribution in [-0.2, 0) is 16.8 Å². The second-order valence-corrected chi connectivity index (χ2v) is 9.11. The summed E-state index contributed by atoms with van der Waals surface area (Å²) in [5, 5.41) is 3.71. The van der Waals surface area contributed by atoms with E-state index in [-0.39, 0.29) is 17.4 Å². The van der Waals surface area contributed by atoms with Gasteiger partial charge in [0.15, 0.2) is 5.78 Å². The number of carbonyl (C=O) groups is 1. The Bertz CT molecular complexity index is 816. The Hall–Kier alpha value is -1.20. The average molecular weight is 390 g/mol. The van der Waals surface area contributed by atoms with Crippen LogP contribution < -0.4 is 5.32 Å². The van der Waals surface area contributed by atoms with Crippen molar-refractivity contribution < 1.29 is 9.53 Å². The number of benzene rings is 1. The van der Waals surface area contributed by atoms with Crippen LogP contribution in [-0.4, -0.2) is 18.4 Å². The molecule has 3 atom stereocenters. The summed E-state index contributed by atoms with van der Waals surface area (Å²) in [6, 6.07) is 10.7. The molecule has 1 fully saturated rings. The van der Waals surface area contributed by atoms with E-state index >= 15 is 0 Å². The van der Waals surface area contributed by atoms with Crippen molar-refractivity contribution in [2.75, 3.05) is 6.61 Å². The van der Waals surface area contributed by atoms with Crippen LogP contribution in [0.2, 0.25) is 4.34 Å². The highest BCUT2D eigenvalue weighted by molar-refractivity contribution is 7.16. The highest BCUT2D eigenvalue weighted by Gasteiger charge is 2.46. The van der Waals surface area contributed by atoms with E-state index in [9.17, 15) is 4.79 Å². The molecule has 0 amide bonds. The first kappa shape index (κ1) is 18.2. The Balaban J connectivity index is 1.64. The molecule has 0 saturated carbocycles. The second kappa shape index (κ2) is 7.08. The minimum Gasteiger partial charge on any atom is -0.369 e. The number of piperidine rings is 1. The maximum atomic E-state index is 11.9. The molecule has 0 bridgehead atoms. The summed E-state index contributed by atoms with van der Waals surface area (Å²) in [5.41, 5.74) is 3.10. The highest BCUT2D eigenvalue weighted by Crippen LogP contribution is 2.49. The van der Waals surface area contributed by atoms with Gasteiger partial charge in [0.25, 0.3) is 0 Å². The number of thiophene rings is 1. The zero-order valence-electron chi connectivity index (χ0n) is 15.2. The van der Waals surface area contributed by atoms with Crippen LogP contribution in [0.4, 0.5) is 0 Å². The number of Topliss-reactive ketones (excluding diaryl/α,β-unsaturated/α-hetero) is 1. The van der Waals surface area contributed by atoms with Crippen molar-refractivity contribution in [1.82, 2.24) is 5.32 Å². The first-order chi connectivity index (χ1) is 12.5. The molecular weight excluding hydrogens is 366 g/mol. The van der Waals surface area contributed by atoms with Crippen LogP contribution in [0.5, 0.6) is 0 Å². The molecule has 1 saturated heterocycles. The van der Waals surface area contributed by atoms with Gasteiger partial charge >= 0.3 is 0 Å². The third kappa shape index (κ3) is 3.24. The Kier molecular flexibility index (Phi) is 4.95. The lowest BCUT2D eigenvalue weighted by Crippen LogP contribution is -2.49. The van der Waals surface area contributed by atoms with E-state index in [1.165, 1.54) is 16.0 Å². The minimum atomic E-state index is -0.251. The van der Waals surface area contributed by atoms with E-state index in [1.54, 1.807) is 11.3 Å². The van der Waals surface area contributed by atoms with E-state index in [4.69, 9.17) is 16.3 Å². The third-order valence-electron chi connectivity index (χ3n) is 5.55. The van der Waals surface area contributed by atoms with Gasteiger partial charge in [-0.25, -0.2) is 0 Å². The van der Waals surface area contributed by atoms with Crippen LogP contribution in [0.25, 0.3) is 0 Å². The number of nitrogens with one attached hydrogen (secondary N) is 1. The number of halogens is 1. The predicted molar refractivity (Wildman–Crippen MR) is 106 cm³/mol. The van der Waals surface area contributed by atoms with E-state index < -0.39 is 0 Å². The van der Waals surface area contributed by atoms with Gasteiger partial charge in [-0.1, -0.05) is 42.8 Å². The van der Waals surface area contributed by atoms with Crippen molar-refractivity contribution >= 4 is 28.7 Å². The van der Waals surface area contributed by atoms with Gasteiger partial charge in [-0.05, 0) is 37.0 Å². The Morgan fingerprint density at radius 2 is 2.12 bits per heavy atom. The maximum Gasteiger partial charge on any atom is 0.162 e. The largest absolute Gasteiger partial charge is 0.369 e.